The van der Waals surface area contributed by atoms with Crippen molar-refractivity contribution in [1.29, 1.82) is 0 Å². The summed E-state index contributed by atoms with van der Waals surface area (Å²) < 4.78 is 1.74. The van der Waals surface area contributed by atoms with Crippen LogP contribution in [0.25, 0.3) is 0 Å². The Morgan fingerprint density at radius 3 is 2.81 bits per heavy atom. The van der Waals surface area contributed by atoms with E-state index in [1.807, 2.05) is 19.2 Å². The summed E-state index contributed by atoms with van der Waals surface area (Å²) in [4.78, 5) is 13.3. The van der Waals surface area contributed by atoms with Crippen LogP contribution in [0.3, 0.4) is 0 Å². The number of hydrogen-bond acceptors (Lipinski definition) is 2. The molecular weight excluding hydrogens is 202 g/mol. The molecule has 1 unspecified atom stereocenters. The molecule has 0 bridgehead atoms. The number of unbranched alkanes of at least 4 members (excludes halogenated alkanes) is 1. The number of amides is 1. The monoisotopic (exact) mass is 223 g/mol. The second-order valence-electron chi connectivity index (χ2n) is 4.30. The Hall–Kier alpha value is -1.32. The first kappa shape index (κ1) is 12.7. The SMILES string of the molecule is CCCCc1ccn(C(C)C(=O)N(C)C)n1. The van der Waals surface area contributed by atoms with Crippen LogP contribution in [-0.4, -0.2) is 34.7 Å². The molecule has 1 heterocycles. The third-order valence-corrected chi connectivity index (χ3v) is 2.65. The first-order valence-corrected chi connectivity index (χ1v) is 5.81. The van der Waals surface area contributed by atoms with Crippen molar-refractivity contribution >= 4 is 5.91 Å². The van der Waals surface area contributed by atoms with Crippen molar-refractivity contribution in [2.24, 2.45) is 0 Å². The Morgan fingerprint density at radius 1 is 1.56 bits per heavy atom. The summed E-state index contributed by atoms with van der Waals surface area (Å²) in [6, 6.07) is 1.78. The molecule has 90 valence electrons. The fourth-order valence-corrected chi connectivity index (χ4v) is 1.57. The Kier molecular flexibility index (Phi) is 4.52. The van der Waals surface area contributed by atoms with Crippen LogP contribution >= 0.6 is 0 Å². The van der Waals surface area contributed by atoms with Crippen molar-refractivity contribution < 1.29 is 4.79 Å². The van der Waals surface area contributed by atoms with Gasteiger partial charge in [-0.25, -0.2) is 0 Å². The Labute approximate surface area is 97.2 Å². The van der Waals surface area contributed by atoms with E-state index in [1.54, 1.807) is 23.7 Å². The molecule has 0 aliphatic heterocycles. The molecule has 4 heteroatoms. The summed E-state index contributed by atoms with van der Waals surface area (Å²) in [5, 5.41) is 4.42. The van der Waals surface area contributed by atoms with Gasteiger partial charge in [0.15, 0.2) is 0 Å². The van der Waals surface area contributed by atoms with E-state index in [-0.39, 0.29) is 11.9 Å². The maximum Gasteiger partial charge on any atom is 0.246 e. The summed E-state index contributed by atoms with van der Waals surface area (Å²) in [6.07, 6.45) is 5.19. The Balaban J connectivity index is 2.66. The van der Waals surface area contributed by atoms with Crippen LogP contribution in [0, 0.1) is 0 Å². The highest BCUT2D eigenvalue weighted by Crippen LogP contribution is 2.09. The lowest BCUT2D eigenvalue weighted by atomic mass is 10.2. The lowest BCUT2D eigenvalue weighted by Gasteiger charge is -2.16. The van der Waals surface area contributed by atoms with Gasteiger partial charge in [-0.2, -0.15) is 5.10 Å². The molecule has 1 rings (SSSR count). The van der Waals surface area contributed by atoms with Gasteiger partial charge in [0.05, 0.1) is 5.69 Å². The number of rotatable bonds is 5. The van der Waals surface area contributed by atoms with Gasteiger partial charge in [-0.1, -0.05) is 13.3 Å². The van der Waals surface area contributed by atoms with Gasteiger partial charge < -0.3 is 4.90 Å². The minimum Gasteiger partial charge on any atom is -0.347 e. The van der Waals surface area contributed by atoms with E-state index in [0.717, 1.165) is 18.5 Å². The topological polar surface area (TPSA) is 38.1 Å². The summed E-state index contributed by atoms with van der Waals surface area (Å²) in [5.41, 5.74) is 1.07. The molecule has 1 atom stereocenters. The second-order valence-corrected chi connectivity index (χ2v) is 4.30. The molecule has 1 aromatic heterocycles. The molecule has 0 radical (unpaired) electrons. The maximum atomic E-state index is 11.7. The predicted molar refractivity (Wildman–Crippen MR) is 64.2 cm³/mol. The lowest BCUT2D eigenvalue weighted by molar-refractivity contribution is -0.131. The van der Waals surface area contributed by atoms with Gasteiger partial charge >= 0.3 is 0 Å². The van der Waals surface area contributed by atoms with Crippen molar-refractivity contribution in [1.82, 2.24) is 14.7 Å². The molecule has 1 amide bonds. The fraction of sp³-hybridized carbons (Fsp3) is 0.667. The zero-order valence-electron chi connectivity index (χ0n) is 10.6. The van der Waals surface area contributed by atoms with Gasteiger partial charge in [0, 0.05) is 20.3 Å². The maximum absolute atomic E-state index is 11.7. The molecule has 0 aliphatic carbocycles. The quantitative estimate of drug-likeness (QED) is 0.764. The van der Waals surface area contributed by atoms with Gasteiger partial charge in [0.25, 0.3) is 0 Å². The van der Waals surface area contributed by atoms with Gasteiger partial charge in [-0.05, 0) is 25.8 Å². The molecule has 1 aromatic rings. The van der Waals surface area contributed by atoms with E-state index in [4.69, 9.17) is 0 Å². The number of aryl methyl sites for hydroxylation is 1. The van der Waals surface area contributed by atoms with E-state index in [9.17, 15) is 4.79 Å². The third kappa shape index (κ3) is 3.08. The minimum absolute atomic E-state index is 0.0742. The molecule has 4 nitrogen and oxygen atoms in total. The highest BCUT2D eigenvalue weighted by molar-refractivity contribution is 5.79. The summed E-state index contributed by atoms with van der Waals surface area (Å²) in [7, 11) is 3.53. The van der Waals surface area contributed by atoms with Crippen molar-refractivity contribution in [2.45, 2.75) is 39.2 Å². The first-order valence-electron chi connectivity index (χ1n) is 5.81. The molecule has 0 spiro atoms. The molecule has 0 saturated carbocycles. The lowest BCUT2D eigenvalue weighted by Crippen LogP contribution is -2.30. The zero-order chi connectivity index (χ0) is 12.1. The van der Waals surface area contributed by atoms with Crippen LogP contribution in [0.4, 0.5) is 0 Å². The molecule has 16 heavy (non-hydrogen) atoms. The van der Waals surface area contributed by atoms with Crippen molar-refractivity contribution in [3.8, 4) is 0 Å². The predicted octanol–water partition coefficient (Wildman–Crippen LogP) is 1.87. The Bertz CT molecular complexity index is 344. The average molecular weight is 223 g/mol. The van der Waals surface area contributed by atoms with Crippen molar-refractivity contribution in [3.63, 3.8) is 0 Å². The highest BCUT2D eigenvalue weighted by Gasteiger charge is 2.17. The third-order valence-electron chi connectivity index (χ3n) is 2.65. The van der Waals surface area contributed by atoms with E-state index < -0.39 is 0 Å². The largest absolute Gasteiger partial charge is 0.347 e. The Morgan fingerprint density at radius 2 is 2.25 bits per heavy atom. The number of hydrogen-bond donors (Lipinski definition) is 0. The summed E-state index contributed by atoms with van der Waals surface area (Å²) in [6.45, 7) is 4.04. The van der Waals surface area contributed by atoms with E-state index in [2.05, 4.69) is 12.0 Å². The zero-order valence-corrected chi connectivity index (χ0v) is 10.6. The number of aromatic nitrogens is 2. The first-order chi connectivity index (χ1) is 7.56. The fourth-order valence-electron chi connectivity index (χ4n) is 1.57. The van der Waals surface area contributed by atoms with Gasteiger partial charge in [0.2, 0.25) is 5.91 Å². The molecule has 0 N–H and O–H groups in total. The minimum atomic E-state index is -0.217. The van der Waals surface area contributed by atoms with Gasteiger partial charge in [0.1, 0.15) is 6.04 Å². The van der Waals surface area contributed by atoms with Crippen LogP contribution in [0.5, 0.6) is 0 Å². The number of carbonyl (C=O) groups is 1. The molecule has 0 saturated heterocycles. The van der Waals surface area contributed by atoms with Crippen molar-refractivity contribution in [3.05, 3.63) is 18.0 Å². The molecule has 0 fully saturated rings. The number of likely N-dealkylation sites (N-methyl/N-ethyl adjacent to an activating group) is 1. The van der Waals surface area contributed by atoms with E-state index in [0.29, 0.717) is 0 Å². The van der Waals surface area contributed by atoms with Crippen LogP contribution in [0.1, 0.15) is 38.4 Å². The summed E-state index contributed by atoms with van der Waals surface area (Å²) >= 11 is 0. The summed E-state index contributed by atoms with van der Waals surface area (Å²) in [5.74, 6) is 0.0742. The van der Waals surface area contributed by atoms with Crippen LogP contribution in [0.15, 0.2) is 12.3 Å². The van der Waals surface area contributed by atoms with E-state index >= 15 is 0 Å². The van der Waals surface area contributed by atoms with Gasteiger partial charge in [-0.3, -0.25) is 9.48 Å². The van der Waals surface area contributed by atoms with E-state index in [1.165, 1.54) is 6.42 Å². The van der Waals surface area contributed by atoms with Crippen LogP contribution in [-0.2, 0) is 11.2 Å². The standard InChI is InChI=1S/C12H21N3O/c1-5-6-7-11-8-9-15(13-11)10(2)12(16)14(3)4/h8-10H,5-7H2,1-4H3. The highest BCUT2D eigenvalue weighted by atomic mass is 16.2. The number of nitrogens with zero attached hydrogens (tertiary/aromatic N) is 3. The normalized spacial score (nSPS) is 12.5. The number of carbonyl (C=O) groups excluding carboxylic acids is 1. The molecular formula is C12H21N3O. The van der Waals surface area contributed by atoms with Crippen LogP contribution in [0.2, 0.25) is 0 Å². The van der Waals surface area contributed by atoms with Crippen LogP contribution < -0.4 is 0 Å². The molecule has 0 aliphatic rings. The smallest absolute Gasteiger partial charge is 0.246 e. The van der Waals surface area contributed by atoms with Gasteiger partial charge in [-0.15, -0.1) is 0 Å². The molecule has 0 aromatic carbocycles. The average Bonchev–Trinajstić information content (AvgIpc) is 2.72. The van der Waals surface area contributed by atoms with Crippen molar-refractivity contribution in [2.75, 3.05) is 14.1 Å². The second kappa shape index (κ2) is 5.68.